The SMILES string of the molecule is CC[C-]=O.C[CH-]COC.Cc1nc(-c2ccccc2)c(-c2ccccc2)o1.[K+]. The fourth-order valence-electron chi connectivity index (χ4n) is 2.17. The monoisotopic (exact) mass is 404 g/mol. The average molecular weight is 405 g/mol. The van der Waals surface area contributed by atoms with Gasteiger partial charge in [-0.15, -0.1) is 0 Å². The number of methoxy groups -OCH3 is 1. The summed E-state index contributed by atoms with van der Waals surface area (Å²) in [5.74, 6) is 1.52. The molecule has 4 nitrogen and oxygen atoms in total. The standard InChI is InChI=1S/C16H13NO.C4H9O.C3H5O.K/c1-12-17-15(13-8-4-2-5-9-13)16(18-12)14-10-6-3-7-11-14;1-3-4-5-2;1-2-3-4;/h2-11H,1H3;3H,4H2,1-2H3;2H2,1H3;/q;2*-1;+1. The Bertz CT molecular complexity index is 699. The zero-order chi connectivity index (χ0) is 19.9. The molecule has 0 spiro atoms. The zero-order valence-corrected chi connectivity index (χ0v) is 20.6. The molecule has 0 saturated carbocycles. The Morgan fingerprint density at radius 2 is 1.54 bits per heavy atom. The molecule has 0 unspecified atom stereocenters. The first-order valence-corrected chi connectivity index (χ1v) is 8.87. The number of aromatic nitrogens is 1. The Labute approximate surface area is 211 Å². The van der Waals surface area contributed by atoms with Crippen molar-refractivity contribution in [1.29, 1.82) is 0 Å². The molecule has 5 heteroatoms. The summed E-state index contributed by atoms with van der Waals surface area (Å²) in [6.45, 7) is 6.36. The van der Waals surface area contributed by atoms with Crippen LogP contribution in [0.1, 0.15) is 26.2 Å². The summed E-state index contributed by atoms with van der Waals surface area (Å²) in [5.41, 5.74) is 3.03. The fraction of sp³-hybridized carbons (Fsp3) is 0.261. The van der Waals surface area contributed by atoms with E-state index in [1.54, 1.807) is 20.3 Å². The van der Waals surface area contributed by atoms with E-state index in [9.17, 15) is 0 Å². The molecule has 1 aromatic heterocycles. The maximum atomic E-state index is 9.05. The minimum atomic E-state index is 0. The van der Waals surface area contributed by atoms with Gasteiger partial charge in [0.15, 0.2) is 11.7 Å². The third-order valence-corrected chi connectivity index (χ3v) is 3.29. The number of ether oxygens (including phenoxy) is 1. The predicted octanol–water partition coefficient (Wildman–Crippen LogP) is 2.68. The second-order valence-corrected chi connectivity index (χ2v) is 5.50. The summed E-state index contributed by atoms with van der Waals surface area (Å²) in [6, 6.07) is 20.2. The van der Waals surface area contributed by atoms with Crippen LogP contribution in [-0.4, -0.2) is 25.0 Å². The normalized spacial score (nSPS) is 9.14. The van der Waals surface area contributed by atoms with Gasteiger partial charge in [-0.3, -0.25) is 6.29 Å². The third-order valence-electron chi connectivity index (χ3n) is 3.29. The van der Waals surface area contributed by atoms with Crippen LogP contribution in [0.4, 0.5) is 0 Å². The van der Waals surface area contributed by atoms with Crippen LogP contribution < -0.4 is 51.4 Å². The van der Waals surface area contributed by atoms with Crippen LogP contribution in [0.3, 0.4) is 0 Å². The number of oxazole rings is 1. The van der Waals surface area contributed by atoms with Crippen LogP contribution in [-0.2, 0) is 9.53 Å². The smallest absolute Gasteiger partial charge is 0.542 e. The molecule has 1 heterocycles. The number of rotatable bonds is 5. The first-order chi connectivity index (χ1) is 13.2. The summed E-state index contributed by atoms with van der Waals surface area (Å²) >= 11 is 0. The molecular formula is C23H27KNO3-. The van der Waals surface area contributed by atoms with Crippen LogP contribution in [0.25, 0.3) is 22.6 Å². The maximum absolute atomic E-state index is 9.05. The molecule has 0 N–H and O–H groups in total. The third kappa shape index (κ3) is 9.91. The summed E-state index contributed by atoms with van der Waals surface area (Å²) < 4.78 is 10.4. The molecule has 0 saturated heterocycles. The van der Waals surface area contributed by atoms with E-state index < -0.39 is 0 Å². The van der Waals surface area contributed by atoms with E-state index in [1.165, 1.54) is 0 Å². The van der Waals surface area contributed by atoms with Crippen molar-refractivity contribution in [2.45, 2.75) is 27.2 Å². The molecule has 144 valence electrons. The van der Waals surface area contributed by atoms with Gasteiger partial charge in [0.1, 0.15) is 5.69 Å². The van der Waals surface area contributed by atoms with Gasteiger partial charge in [-0.05, 0) is 0 Å². The van der Waals surface area contributed by atoms with Gasteiger partial charge in [0.25, 0.3) is 0 Å². The second kappa shape index (κ2) is 16.8. The summed E-state index contributed by atoms with van der Waals surface area (Å²) in [4.78, 5) is 13.5. The number of benzene rings is 2. The van der Waals surface area contributed by atoms with Crippen molar-refractivity contribution < 1.29 is 65.3 Å². The van der Waals surface area contributed by atoms with Gasteiger partial charge in [-0.2, -0.15) is 13.3 Å². The minimum Gasteiger partial charge on any atom is -0.542 e. The first kappa shape index (κ1) is 26.9. The molecule has 3 rings (SSSR count). The van der Waals surface area contributed by atoms with E-state index >= 15 is 0 Å². The number of aryl methyl sites for hydroxylation is 1. The predicted molar refractivity (Wildman–Crippen MR) is 110 cm³/mol. The van der Waals surface area contributed by atoms with E-state index in [0.717, 1.165) is 29.2 Å². The van der Waals surface area contributed by atoms with E-state index in [-0.39, 0.29) is 51.4 Å². The van der Waals surface area contributed by atoms with Crippen molar-refractivity contribution in [3.05, 3.63) is 73.0 Å². The molecule has 2 aromatic carbocycles. The Balaban J connectivity index is 0.000000621. The largest absolute Gasteiger partial charge is 1.00 e. The van der Waals surface area contributed by atoms with Gasteiger partial charge in [0.2, 0.25) is 0 Å². The van der Waals surface area contributed by atoms with Gasteiger partial charge in [-0.1, -0.05) is 74.2 Å². The van der Waals surface area contributed by atoms with Crippen molar-refractivity contribution in [3.8, 4) is 22.6 Å². The van der Waals surface area contributed by atoms with Crippen molar-refractivity contribution in [1.82, 2.24) is 4.98 Å². The van der Waals surface area contributed by atoms with E-state index in [2.05, 4.69) is 9.72 Å². The minimum absolute atomic E-state index is 0. The summed E-state index contributed by atoms with van der Waals surface area (Å²) in [7, 11) is 1.68. The van der Waals surface area contributed by atoms with Crippen LogP contribution >= 0.6 is 0 Å². The van der Waals surface area contributed by atoms with Crippen molar-refractivity contribution in [3.63, 3.8) is 0 Å². The molecule has 3 aromatic rings. The number of hydrogen-bond donors (Lipinski definition) is 0. The Kier molecular flexibility index (Phi) is 16.2. The molecule has 0 aliphatic heterocycles. The van der Waals surface area contributed by atoms with Crippen LogP contribution in [0.2, 0.25) is 0 Å². The Morgan fingerprint density at radius 3 is 1.93 bits per heavy atom. The second-order valence-electron chi connectivity index (χ2n) is 5.50. The Hall–Kier alpha value is -1.08. The van der Waals surface area contributed by atoms with E-state index in [4.69, 9.17) is 9.21 Å². The van der Waals surface area contributed by atoms with Crippen LogP contribution in [0.15, 0.2) is 65.1 Å². The molecule has 0 radical (unpaired) electrons. The van der Waals surface area contributed by atoms with Crippen LogP contribution in [0.5, 0.6) is 0 Å². The van der Waals surface area contributed by atoms with Gasteiger partial charge in [0.05, 0.1) is 0 Å². The topological polar surface area (TPSA) is 52.3 Å². The van der Waals surface area contributed by atoms with Gasteiger partial charge in [0, 0.05) is 25.2 Å². The van der Waals surface area contributed by atoms with Gasteiger partial charge < -0.3 is 20.4 Å². The van der Waals surface area contributed by atoms with Crippen molar-refractivity contribution >= 4 is 6.29 Å². The maximum Gasteiger partial charge on any atom is 1.00 e. The van der Waals surface area contributed by atoms with E-state index in [1.807, 2.05) is 80.9 Å². The molecule has 0 amide bonds. The quantitative estimate of drug-likeness (QED) is 0.485. The average Bonchev–Trinajstić information content (AvgIpc) is 3.12. The van der Waals surface area contributed by atoms with Crippen LogP contribution in [0, 0.1) is 13.3 Å². The molecule has 0 aliphatic rings. The van der Waals surface area contributed by atoms with Crippen molar-refractivity contribution in [2.75, 3.05) is 13.7 Å². The number of hydrogen-bond acceptors (Lipinski definition) is 4. The Morgan fingerprint density at radius 1 is 1.04 bits per heavy atom. The number of nitrogens with zero attached hydrogens (tertiary/aromatic N) is 1. The number of carbonyl (C=O) groups excluding carboxylic acids is 1. The first-order valence-electron chi connectivity index (χ1n) is 8.87. The molecule has 0 bridgehead atoms. The summed E-state index contributed by atoms with van der Waals surface area (Å²) in [6.07, 6.45) is 4.15. The van der Waals surface area contributed by atoms with Crippen molar-refractivity contribution in [2.24, 2.45) is 0 Å². The molecule has 0 aliphatic carbocycles. The van der Waals surface area contributed by atoms with E-state index in [0.29, 0.717) is 12.3 Å². The van der Waals surface area contributed by atoms with Gasteiger partial charge >= 0.3 is 51.4 Å². The zero-order valence-electron chi connectivity index (χ0n) is 17.4. The molecular weight excluding hydrogens is 377 g/mol. The molecule has 28 heavy (non-hydrogen) atoms. The summed E-state index contributed by atoms with van der Waals surface area (Å²) in [5, 5.41) is 0. The van der Waals surface area contributed by atoms with Gasteiger partial charge in [-0.25, -0.2) is 4.98 Å². The molecule has 0 atom stereocenters. The molecule has 0 fully saturated rings. The fourth-order valence-corrected chi connectivity index (χ4v) is 2.17.